The van der Waals surface area contributed by atoms with Crippen molar-refractivity contribution in [3.8, 4) is 0 Å². The first kappa shape index (κ1) is 19.4. The Morgan fingerprint density at radius 2 is 2.04 bits per heavy atom. The Balaban J connectivity index is 1.97. The molecule has 6 nitrogen and oxygen atoms in total. The van der Waals surface area contributed by atoms with Crippen molar-refractivity contribution in [2.45, 2.75) is 38.8 Å². The Morgan fingerprint density at radius 1 is 1.22 bits per heavy atom. The zero-order valence-corrected chi connectivity index (χ0v) is 16.8. The molecule has 8 heteroatoms. The molecule has 3 rings (SSSR count). The van der Waals surface area contributed by atoms with Gasteiger partial charge in [0.15, 0.2) is 0 Å². The molecule has 3 N–H and O–H groups in total. The summed E-state index contributed by atoms with van der Waals surface area (Å²) in [5.74, 6) is 0.652. The minimum absolute atomic E-state index is 0.00372. The zero-order valence-electron chi connectivity index (χ0n) is 16.0. The number of nitrogens with one attached hydrogen (secondary N) is 3. The van der Waals surface area contributed by atoms with Crippen molar-refractivity contribution >= 4 is 34.2 Å². The monoisotopic (exact) mass is 388 g/mol. The number of halogens is 1. The number of benzene rings is 1. The van der Waals surface area contributed by atoms with Crippen LogP contribution in [0.25, 0.3) is 10.9 Å². The predicted octanol–water partition coefficient (Wildman–Crippen LogP) is 4.20. The Hall–Kier alpha value is -2.32. The molecule has 0 aliphatic rings. The van der Waals surface area contributed by atoms with E-state index in [9.17, 15) is 4.39 Å². The maximum absolute atomic E-state index is 14.4. The molecule has 2 heterocycles. The highest BCUT2D eigenvalue weighted by molar-refractivity contribution is 7.05. The summed E-state index contributed by atoms with van der Waals surface area (Å²) >= 11 is 1.43. The third kappa shape index (κ3) is 4.70. The highest BCUT2D eigenvalue weighted by Crippen LogP contribution is 2.29. The van der Waals surface area contributed by atoms with Crippen LogP contribution in [-0.2, 0) is 0 Å². The minimum Gasteiger partial charge on any atom is -0.362 e. The van der Waals surface area contributed by atoms with Crippen molar-refractivity contribution < 1.29 is 4.39 Å². The molecule has 0 radical (unpaired) electrons. The van der Waals surface area contributed by atoms with Crippen LogP contribution in [-0.4, -0.2) is 33.5 Å². The molecule has 1 unspecified atom stereocenters. The number of rotatable bonds is 8. The topological polar surface area (TPSA) is 74.8 Å². The molecule has 0 bridgehead atoms. The lowest BCUT2D eigenvalue weighted by molar-refractivity contribution is 0.500. The molecule has 3 aromatic rings. The van der Waals surface area contributed by atoms with Gasteiger partial charge in [-0.2, -0.15) is 4.98 Å². The van der Waals surface area contributed by atoms with Crippen LogP contribution < -0.4 is 16.0 Å². The summed E-state index contributed by atoms with van der Waals surface area (Å²) in [5.41, 5.74) is 0.0705. The normalized spacial score (nSPS) is 12.9. The molecule has 1 aromatic carbocycles. The molecular formula is C19H25FN6S. The number of fused-ring (bicyclic) bond motifs is 1. The molecule has 2 aromatic heterocycles. The molecular weight excluding hydrogens is 363 g/mol. The van der Waals surface area contributed by atoms with Gasteiger partial charge in [-0.05, 0) is 70.5 Å². The molecule has 0 aliphatic carbocycles. The number of anilines is 2. The van der Waals surface area contributed by atoms with Gasteiger partial charge in [-0.1, -0.05) is 6.07 Å². The summed E-state index contributed by atoms with van der Waals surface area (Å²) < 4.78 is 18.6. The summed E-state index contributed by atoms with van der Waals surface area (Å²) in [6.07, 6.45) is 2.65. The minimum atomic E-state index is -0.362. The maximum Gasteiger partial charge on any atom is 0.225 e. The molecule has 0 saturated heterocycles. The molecule has 27 heavy (non-hydrogen) atoms. The second-order valence-corrected chi connectivity index (χ2v) is 8.04. The van der Waals surface area contributed by atoms with E-state index in [0.29, 0.717) is 22.7 Å². The molecule has 0 fully saturated rings. The number of aromatic nitrogens is 3. The quantitative estimate of drug-likeness (QED) is 0.537. The predicted molar refractivity (Wildman–Crippen MR) is 110 cm³/mol. The van der Waals surface area contributed by atoms with E-state index < -0.39 is 0 Å². The van der Waals surface area contributed by atoms with E-state index in [1.54, 1.807) is 12.3 Å². The number of hydrogen-bond acceptors (Lipinski definition) is 7. The smallest absolute Gasteiger partial charge is 0.225 e. The summed E-state index contributed by atoms with van der Waals surface area (Å²) in [5, 5.41) is 10.5. The fourth-order valence-corrected chi connectivity index (χ4v) is 3.39. The van der Waals surface area contributed by atoms with Gasteiger partial charge < -0.3 is 16.0 Å². The van der Waals surface area contributed by atoms with Gasteiger partial charge in [0, 0.05) is 22.0 Å². The van der Waals surface area contributed by atoms with Crippen LogP contribution in [0, 0.1) is 5.82 Å². The lowest BCUT2D eigenvalue weighted by Gasteiger charge is -2.27. The number of para-hydroxylation sites is 1. The van der Waals surface area contributed by atoms with E-state index in [1.165, 1.54) is 17.6 Å². The highest BCUT2D eigenvalue weighted by Gasteiger charge is 2.20. The van der Waals surface area contributed by atoms with Gasteiger partial charge in [-0.25, -0.2) is 13.7 Å². The maximum atomic E-state index is 14.4. The van der Waals surface area contributed by atoms with Crippen molar-refractivity contribution in [2.24, 2.45) is 0 Å². The molecule has 1 atom stereocenters. The van der Waals surface area contributed by atoms with Gasteiger partial charge >= 0.3 is 0 Å². The van der Waals surface area contributed by atoms with Crippen LogP contribution in [0.4, 0.5) is 16.2 Å². The summed E-state index contributed by atoms with van der Waals surface area (Å²) in [4.78, 5) is 10.2. The largest absolute Gasteiger partial charge is 0.362 e. The fraction of sp³-hybridized carbons (Fsp3) is 0.421. The third-order valence-corrected chi connectivity index (χ3v) is 5.29. The average molecular weight is 389 g/mol. The van der Waals surface area contributed by atoms with Crippen LogP contribution in [0.5, 0.6) is 0 Å². The Kier molecular flexibility index (Phi) is 5.86. The van der Waals surface area contributed by atoms with Crippen LogP contribution in [0.3, 0.4) is 0 Å². The van der Waals surface area contributed by atoms with Crippen LogP contribution >= 0.6 is 11.5 Å². The van der Waals surface area contributed by atoms with Gasteiger partial charge in [0.05, 0.1) is 6.04 Å². The molecule has 0 spiro atoms. The number of hydrogen-bond donors (Lipinski definition) is 3. The summed E-state index contributed by atoms with van der Waals surface area (Å²) in [7, 11) is 1.92. The molecule has 0 saturated carbocycles. The van der Waals surface area contributed by atoms with Gasteiger partial charge in [0.2, 0.25) is 5.95 Å². The van der Waals surface area contributed by atoms with Crippen LogP contribution in [0.15, 0.2) is 30.5 Å². The van der Waals surface area contributed by atoms with Gasteiger partial charge in [-0.3, -0.25) is 0 Å². The summed E-state index contributed by atoms with van der Waals surface area (Å²) in [6, 6.07) is 6.89. The number of nitrogens with zero attached hydrogens (tertiary/aromatic N) is 3. The van der Waals surface area contributed by atoms with Gasteiger partial charge in [0.1, 0.15) is 17.2 Å². The van der Waals surface area contributed by atoms with Crippen LogP contribution in [0.2, 0.25) is 0 Å². The van der Waals surface area contributed by atoms with Crippen LogP contribution in [0.1, 0.15) is 38.1 Å². The van der Waals surface area contributed by atoms with E-state index in [4.69, 9.17) is 0 Å². The Morgan fingerprint density at radius 3 is 2.74 bits per heavy atom. The Bertz CT molecular complexity index is 897. The third-order valence-electron chi connectivity index (χ3n) is 4.37. The van der Waals surface area contributed by atoms with Gasteiger partial charge in [0.25, 0.3) is 0 Å². The summed E-state index contributed by atoms with van der Waals surface area (Å²) in [6.45, 7) is 7.04. The molecule has 0 amide bonds. The molecule has 144 valence electrons. The Labute approximate surface area is 162 Å². The van der Waals surface area contributed by atoms with E-state index in [1.807, 2.05) is 26.1 Å². The van der Waals surface area contributed by atoms with Crippen molar-refractivity contribution in [1.29, 1.82) is 0 Å². The average Bonchev–Trinajstić information content (AvgIpc) is 3.15. The first-order valence-electron chi connectivity index (χ1n) is 8.96. The first-order valence-corrected chi connectivity index (χ1v) is 9.73. The highest BCUT2D eigenvalue weighted by atomic mass is 32.1. The molecule has 0 aliphatic heterocycles. The first-order chi connectivity index (χ1) is 12.9. The van der Waals surface area contributed by atoms with E-state index in [2.05, 4.69) is 44.1 Å². The second kappa shape index (κ2) is 8.14. The second-order valence-electron chi connectivity index (χ2n) is 7.18. The SMILES string of the molecule is CNCCC(C)(C)Nc1nc(NC(C)c2ccns2)c2cccc(F)c2n1. The van der Waals surface area contributed by atoms with Crippen molar-refractivity contribution in [3.05, 3.63) is 41.2 Å². The van der Waals surface area contributed by atoms with Gasteiger partial charge in [-0.15, -0.1) is 0 Å². The zero-order chi connectivity index (χ0) is 19.4. The van der Waals surface area contributed by atoms with E-state index in [0.717, 1.165) is 17.8 Å². The van der Waals surface area contributed by atoms with Crippen molar-refractivity contribution in [2.75, 3.05) is 24.2 Å². The van der Waals surface area contributed by atoms with E-state index >= 15 is 0 Å². The lowest BCUT2D eigenvalue weighted by atomic mass is 10.0. The van der Waals surface area contributed by atoms with Crippen molar-refractivity contribution in [3.63, 3.8) is 0 Å². The van der Waals surface area contributed by atoms with E-state index in [-0.39, 0.29) is 17.4 Å². The standard InChI is InChI=1S/C19H25FN6S/c1-12(15-8-10-22-27-15)23-17-13-6-5-7-14(20)16(13)24-18(25-17)26-19(2,3)9-11-21-4/h5-8,10,12,21H,9,11H2,1-4H3,(H2,23,24,25,26). The lowest BCUT2D eigenvalue weighted by Crippen LogP contribution is -2.35. The fourth-order valence-electron chi connectivity index (χ4n) is 2.81. The van der Waals surface area contributed by atoms with Crippen molar-refractivity contribution in [1.82, 2.24) is 19.7 Å².